The summed E-state index contributed by atoms with van der Waals surface area (Å²) in [6, 6.07) is 3.73. The van der Waals surface area contributed by atoms with Crippen LogP contribution in [-0.2, 0) is 9.53 Å². The van der Waals surface area contributed by atoms with Gasteiger partial charge in [-0.25, -0.2) is 9.79 Å². The second-order valence-corrected chi connectivity index (χ2v) is 3.48. The van der Waals surface area contributed by atoms with Gasteiger partial charge in [0.25, 0.3) is 0 Å². The molecule has 4 nitrogen and oxygen atoms in total. The van der Waals surface area contributed by atoms with Crippen LogP contribution in [0.5, 0.6) is 0 Å². The van der Waals surface area contributed by atoms with Gasteiger partial charge in [-0.15, -0.1) is 11.3 Å². The lowest BCUT2D eigenvalue weighted by atomic mass is 10.3. The van der Waals surface area contributed by atoms with Gasteiger partial charge in [-0.05, 0) is 24.4 Å². The van der Waals surface area contributed by atoms with E-state index in [1.165, 1.54) is 23.8 Å². The van der Waals surface area contributed by atoms with Crippen LogP contribution in [0.4, 0.5) is 5.00 Å². The number of thiophene rings is 1. The number of carbonyl (C=O) groups excluding carboxylic acids is 1. The molecule has 0 bridgehead atoms. The predicted molar refractivity (Wildman–Crippen MR) is 61.4 cm³/mol. The number of nitrogens with two attached hydrogens (primary N) is 1. The summed E-state index contributed by atoms with van der Waals surface area (Å²) in [6.07, 6.45) is 2.60. The Balaban J connectivity index is 2.66. The molecular formula is C10H12N2O2S. The van der Waals surface area contributed by atoms with E-state index in [-0.39, 0.29) is 5.57 Å². The van der Waals surface area contributed by atoms with E-state index in [0.29, 0.717) is 6.61 Å². The van der Waals surface area contributed by atoms with Gasteiger partial charge in [0.15, 0.2) is 0 Å². The highest BCUT2D eigenvalue weighted by Gasteiger charge is 2.06. The second-order valence-electron chi connectivity index (χ2n) is 2.55. The van der Waals surface area contributed by atoms with Crippen molar-refractivity contribution in [1.82, 2.24) is 0 Å². The standard InChI is InChI=1S/C10H12N2O2S/c1-2-14-10(13)8(6-11)7-12-9-4-3-5-15-9/h3-7H,2,11H2,1H3. The minimum absolute atomic E-state index is 0.255. The van der Waals surface area contributed by atoms with E-state index in [0.717, 1.165) is 5.00 Å². The minimum Gasteiger partial charge on any atom is -0.462 e. The molecule has 0 saturated heterocycles. The largest absolute Gasteiger partial charge is 0.462 e. The van der Waals surface area contributed by atoms with Crippen LogP contribution in [0.15, 0.2) is 34.3 Å². The van der Waals surface area contributed by atoms with Crippen molar-refractivity contribution in [2.24, 2.45) is 10.7 Å². The lowest BCUT2D eigenvalue weighted by Crippen LogP contribution is -2.10. The predicted octanol–water partition coefficient (Wildman–Crippen LogP) is 1.86. The van der Waals surface area contributed by atoms with Crippen molar-refractivity contribution in [3.8, 4) is 0 Å². The average Bonchev–Trinajstić information content (AvgIpc) is 2.72. The summed E-state index contributed by atoms with van der Waals surface area (Å²) in [7, 11) is 0. The van der Waals surface area contributed by atoms with E-state index < -0.39 is 5.97 Å². The van der Waals surface area contributed by atoms with E-state index in [1.54, 1.807) is 6.92 Å². The third-order valence-electron chi connectivity index (χ3n) is 1.53. The molecule has 1 aromatic rings. The molecule has 15 heavy (non-hydrogen) atoms. The van der Waals surface area contributed by atoms with Crippen molar-refractivity contribution in [2.45, 2.75) is 6.92 Å². The first-order chi connectivity index (χ1) is 7.27. The lowest BCUT2D eigenvalue weighted by molar-refractivity contribution is -0.137. The molecule has 1 heterocycles. The molecule has 1 rings (SSSR count). The van der Waals surface area contributed by atoms with Crippen LogP contribution in [0.1, 0.15) is 6.92 Å². The number of ether oxygens (including phenoxy) is 1. The van der Waals surface area contributed by atoms with E-state index >= 15 is 0 Å². The number of hydrogen-bond donors (Lipinski definition) is 1. The molecule has 0 aromatic carbocycles. The zero-order valence-electron chi connectivity index (χ0n) is 8.34. The fourth-order valence-electron chi connectivity index (χ4n) is 0.855. The van der Waals surface area contributed by atoms with Crippen LogP contribution in [0, 0.1) is 0 Å². The Hall–Kier alpha value is -1.62. The van der Waals surface area contributed by atoms with Crippen LogP contribution in [0.25, 0.3) is 0 Å². The molecule has 0 aliphatic carbocycles. The number of nitrogens with zero attached hydrogens (tertiary/aromatic N) is 1. The maximum absolute atomic E-state index is 11.3. The van der Waals surface area contributed by atoms with Crippen molar-refractivity contribution < 1.29 is 9.53 Å². The molecule has 0 amide bonds. The SMILES string of the molecule is CCOC(=O)C(C=Nc1cccs1)=CN. The molecule has 0 fully saturated rings. The van der Waals surface area contributed by atoms with Gasteiger partial charge in [-0.1, -0.05) is 0 Å². The second kappa shape index (κ2) is 5.98. The van der Waals surface area contributed by atoms with Gasteiger partial charge in [0.05, 0.1) is 12.2 Å². The molecule has 0 atom stereocenters. The molecule has 0 radical (unpaired) electrons. The first-order valence-corrected chi connectivity index (χ1v) is 5.32. The number of carbonyl (C=O) groups is 1. The average molecular weight is 224 g/mol. The van der Waals surface area contributed by atoms with Crippen LogP contribution in [0.2, 0.25) is 0 Å². The van der Waals surface area contributed by atoms with Gasteiger partial charge in [0.2, 0.25) is 0 Å². The van der Waals surface area contributed by atoms with Crippen molar-refractivity contribution in [2.75, 3.05) is 6.61 Å². The quantitative estimate of drug-likeness (QED) is 0.482. The van der Waals surface area contributed by atoms with Crippen LogP contribution in [-0.4, -0.2) is 18.8 Å². The molecule has 0 spiro atoms. The Morgan fingerprint density at radius 2 is 2.53 bits per heavy atom. The Kier molecular flexibility index (Phi) is 4.56. The fraction of sp³-hybridized carbons (Fsp3) is 0.200. The summed E-state index contributed by atoms with van der Waals surface area (Å²) >= 11 is 1.48. The van der Waals surface area contributed by atoms with Crippen molar-refractivity contribution in [1.29, 1.82) is 0 Å². The maximum Gasteiger partial charge on any atom is 0.341 e. The van der Waals surface area contributed by atoms with E-state index in [1.807, 2.05) is 17.5 Å². The van der Waals surface area contributed by atoms with Crippen LogP contribution in [0.3, 0.4) is 0 Å². The van der Waals surface area contributed by atoms with E-state index in [4.69, 9.17) is 10.5 Å². The summed E-state index contributed by atoms with van der Waals surface area (Å²) in [5, 5.41) is 2.72. The van der Waals surface area contributed by atoms with Gasteiger partial charge in [0.1, 0.15) is 5.00 Å². The molecule has 2 N–H and O–H groups in total. The van der Waals surface area contributed by atoms with E-state index in [2.05, 4.69) is 4.99 Å². The third kappa shape index (κ3) is 3.55. The van der Waals surface area contributed by atoms with Gasteiger partial charge >= 0.3 is 5.97 Å². The highest BCUT2D eigenvalue weighted by molar-refractivity contribution is 7.13. The van der Waals surface area contributed by atoms with Gasteiger partial charge < -0.3 is 10.5 Å². The number of esters is 1. The molecular weight excluding hydrogens is 212 g/mol. The molecule has 1 aromatic heterocycles. The fourth-order valence-corrected chi connectivity index (χ4v) is 1.42. The van der Waals surface area contributed by atoms with Crippen LogP contribution < -0.4 is 5.73 Å². The maximum atomic E-state index is 11.3. The van der Waals surface area contributed by atoms with Crippen LogP contribution >= 0.6 is 11.3 Å². The zero-order valence-corrected chi connectivity index (χ0v) is 9.16. The summed E-state index contributed by atoms with van der Waals surface area (Å²) in [6.45, 7) is 2.06. The monoisotopic (exact) mass is 224 g/mol. The first-order valence-electron chi connectivity index (χ1n) is 4.44. The zero-order chi connectivity index (χ0) is 11.1. The number of hydrogen-bond acceptors (Lipinski definition) is 5. The van der Waals surface area contributed by atoms with Crippen molar-refractivity contribution in [3.63, 3.8) is 0 Å². The summed E-state index contributed by atoms with van der Waals surface area (Å²) in [5.41, 5.74) is 5.55. The van der Waals surface area contributed by atoms with E-state index in [9.17, 15) is 4.79 Å². The third-order valence-corrected chi connectivity index (χ3v) is 2.30. The summed E-state index contributed by atoms with van der Waals surface area (Å²) < 4.78 is 4.79. The van der Waals surface area contributed by atoms with Gasteiger partial charge in [0, 0.05) is 12.4 Å². The summed E-state index contributed by atoms with van der Waals surface area (Å²) in [5.74, 6) is -0.458. The molecule has 80 valence electrons. The van der Waals surface area contributed by atoms with Gasteiger partial charge in [-0.3, -0.25) is 0 Å². The highest BCUT2D eigenvalue weighted by atomic mass is 32.1. The Bertz CT molecular complexity index is 369. The van der Waals surface area contributed by atoms with Crippen molar-refractivity contribution >= 4 is 28.5 Å². The molecule has 0 saturated carbocycles. The minimum atomic E-state index is -0.458. The highest BCUT2D eigenvalue weighted by Crippen LogP contribution is 2.18. The normalized spacial score (nSPS) is 11.9. The molecule has 0 aliphatic rings. The molecule has 0 aliphatic heterocycles. The summed E-state index contributed by atoms with van der Waals surface area (Å²) in [4.78, 5) is 15.4. The lowest BCUT2D eigenvalue weighted by Gasteiger charge is -1.99. The Morgan fingerprint density at radius 3 is 3.07 bits per heavy atom. The number of rotatable bonds is 4. The Labute approximate surface area is 92.1 Å². The first kappa shape index (κ1) is 11.5. The molecule has 0 unspecified atom stereocenters. The molecule has 5 heteroatoms. The topological polar surface area (TPSA) is 64.7 Å². The smallest absolute Gasteiger partial charge is 0.341 e. The number of aliphatic imine (C=N–C) groups is 1. The Morgan fingerprint density at radius 1 is 1.73 bits per heavy atom. The van der Waals surface area contributed by atoms with Gasteiger partial charge in [-0.2, -0.15) is 0 Å². The van der Waals surface area contributed by atoms with Crippen molar-refractivity contribution in [3.05, 3.63) is 29.3 Å².